The van der Waals surface area contributed by atoms with Crippen LogP contribution in [0.2, 0.25) is 0 Å². The predicted octanol–water partition coefficient (Wildman–Crippen LogP) is 1.61. The van der Waals surface area contributed by atoms with E-state index in [-0.39, 0.29) is 17.6 Å². The van der Waals surface area contributed by atoms with Gasteiger partial charge in [-0.05, 0) is 23.8 Å². The highest BCUT2D eigenvalue weighted by molar-refractivity contribution is 6.02. The van der Waals surface area contributed by atoms with E-state index in [4.69, 9.17) is 9.47 Å². The number of rotatable bonds is 3. The van der Waals surface area contributed by atoms with Crippen molar-refractivity contribution in [3.8, 4) is 5.75 Å². The van der Waals surface area contributed by atoms with Crippen molar-refractivity contribution < 1.29 is 19.1 Å². The van der Waals surface area contributed by atoms with E-state index in [0.717, 1.165) is 16.9 Å². The Balaban J connectivity index is 1.75. The molecule has 5 heteroatoms. The molecular formula is C16H19NO4. The first-order valence-corrected chi connectivity index (χ1v) is 7.25. The highest BCUT2D eigenvalue weighted by Gasteiger charge is 2.32. The zero-order chi connectivity index (χ0) is 14.8. The second kappa shape index (κ2) is 5.85. The first-order chi connectivity index (χ1) is 10.2. The number of ketones is 1. The minimum absolute atomic E-state index is 0.0297. The fraction of sp³-hybridized carbons (Fsp3) is 0.500. The molecule has 5 nitrogen and oxygen atoms in total. The van der Waals surface area contributed by atoms with E-state index in [1.807, 2.05) is 11.0 Å². The predicted molar refractivity (Wildman–Crippen MR) is 76.7 cm³/mol. The van der Waals surface area contributed by atoms with Crippen molar-refractivity contribution in [1.82, 2.24) is 4.90 Å². The number of carbonyl (C=O) groups is 2. The number of ether oxygens (including phenoxy) is 2. The summed E-state index contributed by atoms with van der Waals surface area (Å²) in [6.07, 6.45) is 0.796. The molecule has 3 rings (SSSR count). The van der Waals surface area contributed by atoms with Gasteiger partial charge in [-0.1, -0.05) is 0 Å². The van der Waals surface area contributed by atoms with E-state index >= 15 is 0 Å². The van der Waals surface area contributed by atoms with Crippen LogP contribution in [-0.2, 0) is 9.53 Å². The summed E-state index contributed by atoms with van der Waals surface area (Å²) in [5.41, 5.74) is 1.68. The Morgan fingerprint density at radius 1 is 1.38 bits per heavy atom. The molecule has 1 aromatic rings. The van der Waals surface area contributed by atoms with Gasteiger partial charge in [-0.3, -0.25) is 9.59 Å². The molecule has 0 aromatic heterocycles. The molecule has 0 N–H and O–H groups in total. The molecule has 1 saturated heterocycles. The Kier molecular flexibility index (Phi) is 3.92. The molecule has 0 radical (unpaired) electrons. The second-order valence-electron chi connectivity index (χ2n) is 5.47. The third-order valence-electron chi connectivity index (χ3n) is 4.22. The van der Waals surface area contributed by atoms with Crippen molar-refractivity contribution in [2.45, 2.75) is 18.8 Å². The van der Waals surface area contributed by atoms with Gasteiger partial charge in [0.15, 0.2) is 5.78 Å². The van der Waals surface area contributed by atoms with Crippen LogP contribution in [0.25, 0.3) is 0 Å². The molecule has 1 amide bonds. The minimum atomic E-state index is -0.0297. The number of amides is 1. The lowest BCUT2D eigenvalue weighted by molar-refractivity contribution is -0.135. The lowest BCUT2D eigenvalue weighted by atomic mass is 9.97. The summed E-state index contributed by atoms with van der Waals surface area (Å²) in [5.74, 6) is 0.921. The zero-order valence-corrected chi connectivity index (χ0v) is 12.1. The van der Waals surface area contributed by atoms with Crippen LogP contribution in [0.3, 0.4) is 0 Å². The molecule has 112 valence electrons. The summed E-state index contributed by atoms with van der Waals surface area (Å²) in [6, 6.07) is 5.48. The van der Waals surface area contributed by atoms with Crippen LogP contribution in [0.4, 0.5) is 0 Å². The molecule has 2 aliphatic rings. The van der Waals surface area contributed by atoms with Gasteiger partial charge in [-0.25, -0.2) is 0 Å². The third-order valence-corrected chi connectivity index (χ3v) is 4.22. The van der Waals surface area contributed by atoms with E-state index in [9.17, 15) is 9.59 Å². The number of fused-ring (bicyclic) bond motifs is 1. The van der Waals surface area contributed by atoms with Crippen LogP contribution in [0.15, 0.2) is 18.2 Å². The number of nitrogens with zero attached hydrogens (tertiary/aromatic N) is 1. The van der Waals surface area contributed by atoms with Gasteiger partial charge in [0.25, 0.3) is 0 Å². The standard InChI is InChI=1S/C16H19NO4/c1-20-12-2-3-13-14(10-12)11(8-15(13)18)9-16(19)17-4-6-21-7-5-17/h2-3,10-11H,4-9H2,1H3. The molecule has 0 bridgehead atoms. The summed E-state index contributed by atoms with van der Waals surface area (Å²) in [7, 11) is 1.60. The molecule has 1 aliphatic carbocycles. The van der Waals surface area contributed by atoms with Crippen molar-refractivity contribution in [3.05, 3.63) is 29.3 Å². The van der Waals surface area contributed by atoms with E-state index in [1.54, 1.807) is 19.2 Å². The number of methoxy groups -OCH3 is 1. The molecule has 1 atom stereocenters. The van der Waals surface area contributed by atoms with Gasteiger partial charge in [0.2, 0.25) is 5.91 Å². The topological polar surface area (TPSA) is 55.8 Å². The summed E-state index contributed by atoms with van der Waals surface area (Å²) >= 11 is 0. The maximum Gasteiger partial charge on any atom is 0.223 e. The van der Waals surface area contributed by atoms with Crippen molar-refractivity contribution in [2.24, 2.45) is 0 Å². The summed E-state index contributed by atoms with van der Waals surface area (Å²) in [6.45, 7) is 2.48. The van der Waals surface area contributed by atoms with E-state index in [0.29, 0.717) is 39.1 Å². The Bertz CT molecular complexity index is 563. The van der Waals surface area contributed by atoms with Gasteiger partial charge in [-0.15, -0.1) is 0 Å². The molecule has 0 spiro atoms. The lowest BCUT2D eigenvalue weighted by Crippen LogP contribution is -2.41. The first kappa shape index (κ1) is 14.1. The SMILES string of the molecule is COc1ccc2c(c1)C(CC(=O)N1CCOCC1)CC2=O. The monoisotopic (exact) mass is 289 g/mol. The highest BCUT2D eigenvalue weighted by Crippen LogP contribution is 2.37. The molecule has 21 heavy (non-hydrogen) atoms. The molecular weight excluding hydrogens is 270 g/mol. The van der Waals surface area contributed by atoms with Crippen molar-refractivity contribution in [2.75, 3.05) is 33.4 Å². The lowest BCUT2D eigenvalue weighted by Gasteiger charge is -2.28. The zero-order valence-electron chi connectivity index (χ0n) is 12.1. The van der Waals surface area contributed by atoms with Crippen molar-refractivity contribution >= 4 is 11.7 Å². The van der Waals surface area contributed by atoms with Gasteiger partial charge in [0.05, 0.1) is 20.3 Å². The number of carbonyl (C=O) groups excluding carboxylic acids is 2. The molecule has 1 aromatic carbocycles. The average Bonchev–Trinajstić information content (AvgIpc) is 2.83. The molecule has 1 heterocycles. The second-order valence-corrected chi connectivity index (χ2v) is 5.47. The van der Waals surface area contributed by atoms with Crippen LogP contribution in [-0.4, -0.2) is 50.0 Å². The number of hydrogen-bond donors (Lipinski definition) is 0. The Hall–Kier alpha value is -1.88. The van der Waals surface area contributed by atoms with Gasteiger partial charge in [0.1, 0.15) is 5.75 Å². The van der Waals surface area contributed by atoms with Gasteiger partial charge in [0, 0.05) is 37.4 Å². The Morgan fingerprint density at radius 2 is 2.14 bits per heavy atom. The highest BCUT2D eigenvalue weighted by atomic mass is 16.5. The maximum absolute atomic E-state index is 12.4. The van der Waals surface area contributed by atoms with Crippen LogP contribution >= 0.6 is 0 Å². The van der Waals surface area contributed by atoms with Crippen LogP contribution in [0.5, 0.6) is 5.75 Å². The van der Waals surface area contributed by atoms with Gasteiger partial charge >= 0.3 is 0 Å². The molecule has 1 unspecified atom stereocenters. The van der Waals surface area contributed by atoms with Crippen molar-refractivity contribution in [3.63, 3.8) is 0 Å². The smallest absolute Gasteiger partial charge is 0.223 e. The van der Waals surface area contributed by atoms with Crippen LogP contribution in [0.1, 0.15) is 34.7 Å². The summed E-state index contributed by atoms with van der Waals surface area (Å²) in [4.78, 5) is 26.2. The number of hydrogen-bond acceptors (Lipinski definition) is 4. The van der Waals surface area contributed by atoms with Gasteiger partial charge < -0.3 is 14.4 Å². The van der Waals surface area contributed by atoms with E-state index in [2.05, 4.69) is 0 Å². The van der Waals surface area contributed by atoms with Gasteiger partial charge in [-0.2, -0.15) is 0 Å². The Morgan fingerprint density at radius 3 is 2.86 bits per heavy atom. The fourth-order valence-electron chi connectivity index (χ4n) is 3.04. The summed E-state index contributed by atoms with van der Waals surface area (Å²) < 4.78 is 10.5. The molecule has 1 aliphatic heterocycles. The fourth-order valence-corrected chi connectivity index (χ4v) is 3.04. The largest absolute Gasteiger partial charge is 0.497 e. The van der Waals surface area contributed by atoms with E-state index in [1.165, 1.54) is 0 Å². The third kappa shape index (κ3) is 2.78. The number of Topliss-reactive ketones (excluding diaryl/α,β-unsaturated/α-hetero) is 1. The van der Waals surface area contributed by atoms with E-state index < -0.39 is 0 Å². The maximum atomic E-state index is 12.4. The van der Waals surface area contributed by atoms with Crippen LogP contribution < -0.4 is 4.74 Å². The Labute approximate surface area is 123 Å². The minimum Gasteiger partial charge on any atom is -0.497 e. The molecule has 0 saturated carbocycles. The summed E-state index contributed by atoms with van der Waals surface area (Å²) in [5, 5.41) is 0. The number of benzene rings is 1. The number of morpholine rings is 1. The first-order valence-electron chi connectivity index (χ1n) is 7.25. The van der Waals surface area contributed by atoms with Crippen LogP contribution in [0, 0.1) is 0 Å². The van der Waals surface area contributed by atoms with Crippen molar-refractivity contribution in [1.29, 1.82) is 0 Å². The normalized spacial score (nSPS) is 21.3. The average molecular weight is 289 g/mol. The quantitative estimate of drug-likeness (QED) is 0.848. The molecule has 1 fully saturated rings.